The number of ketones is 1. The molecule has 1 N–H and O–H groups in total. The quantitative estimate of drug-likeness (QED) is 0.768. The highest BCUT2D eigenvalue weighted by atomic mass is 32.1. The van der Waals surface area contributed by atoms with Crippen molar-refractivity contribution in [3.8, 4) is 0 Å². The minimum atomic E-state index is -0.870. The van der Waals surface area contributed by atoms with Crippen molar-refractivity contribution in [3.63, 3.8) is 0 Å². The summed E-state index contributed by atoms with van der Waals surface area (Å²) in [6.45, 7) is 1.71. The summed E-state index contributed by atoms with van der Waals surface area (Å²) in [4.78, 5) is 12.4. The van der Waals surface area contributed by atoms with Crippen molar-refractivity contribution >= 4 is 22.7 Å². The summed E-state index contributed by atoms with van der Waals surface area (Å²) in [5.74, 6) is 0.0182. The van der Waals surface area contributed by atoms with E-state index >= 15 is 0 Å². The van der Waals surface area contributed by atoms with Crippen LogP contribution >= 0.6 is 11.3 Å². The van der Waals surface area contributed by atoms with Crippen LogP contribution in [0.2, 0.25) is 0 Å². The van der Waals surface area contributed by atoms with Crippen LogP contribution in [-0.2, 0) is 4.79 Å². The minimum Gasteiger partial charge on any atom is -0.389 e. The lowest BCUT2D eigenvalue weighted by Crippen LogP contribution is -2.30. The van der Waals surface area contributed by atoms with Crippen molar-refractivity contribution in [2.45, 2.75) is 25.4 Å². The molecule has 0 aromatic carbocycles. The zero-order valence-electron chi connectivity index (χ0n) is 7.99. The molecule has 0 spiro atoms. The normalized spacial score (nSPS) is 27.6. The van der Waals surface area contributed by atoms with E-state index in [1.165, 1.54) is 0 Å². The molecule has 74 valence electrons. The van der Waals surface area contributed by atoms with Crippen LogP contribution in [0.1, 0.15) is 24.6 Å². The van der Waals surface area contributed by atoms with Crippen molar-refractivity contribution in [1.82, 2.24) is 0 Å². The SMILES string of the molecule is CC1(O)CC(=O)C=C(c2cccs2)C1. The summed E-state index contributed by atoms with van der Waals surface area (Å²) < 4.78 is 0. The fourth-order valence-corrected chi connectivity index (χ4v) is 2.51. The number of allylic oxidation sites excluding steroid dienone is 1. The van der Waals surface area contributed by atoms with Crippen LogP contribution in [0.25, 0.3) is 5.57 Å². The van der Waals surface area contributed by atoms with Crippen LogP contribution in [0.15, 0.2) is 23.6 Å². The van der Waals surface area contributed by atoms with Gasteiger partial charge in [-0.2, -0.15) is 0 Å². The third-order valence-electron chi connectivity index (χ3n) is 2.30. The molecule has 0 saturated heterocycles. The van der Waals surface area contributed by atoms with Crippen LogP contribution in [0.3, 0.4) is 0 Å². The molecule has 3 heteroatoms. The van der Waals surface area contributed by atoms with E-state index in [0.717, 1.165) is 10.5 Å². The Morgan fingerprint density at radius 1 is 1.50 bits per heavy atom. The van der Waals surface area contributed by atoms with Crippen LogP contribution in [0.4, 0.5) is 0 Å². The first-order valence-corrected chi connectivity index (χ1v) is 5.44. The van der Waals surface area contributed by atoms with Gasteiger partial charge in [-0.25, -0.2) is 0 Å². The predicted octanol–water partition coefficient (Wildman–Crippen LogP) is 2.25. The van der Waals surface area contributed by atoms with Gasteiger partial charge in [0, 0.05) is 17.7 Å². The molecule has 2 rings (SSSR count). The number of carbonyl (C=O) groups excluding carboxylic acids is 1. The Labute approximate surface area is 86.9 Å². The second kappa shape index (κ2) is 3.33. The van der Waals surface area contributed by atoms with Crippen molar-refractivity contribution < 1.29 is 9.90 Å². The smallest absolute Gasteiger partial charge is 0.158 e. The molecule has 1 aromatic rings. The van der Waals surface area contributed by atoms with E-state index in [4.69, 9.17) is 0 Å². The molecule has 0 bridgehead atoms. The van der Waals surface area contributed by atoms with Gasteiger partial charge in [0.15, 0.2) is 5.78 Å². The van der Waals surface area contributed by atoms with Gasteiger partial charge in [0.2, 0.25) is 0 Å². The number of hydrogen-bond donors (Lipinski definition) is 1. The third-order valence-corrected chi connectivity index (χ3v) is 3.24. The summed E-state index contributed by atoms with van der Waals surface area (Å²) >= 11 is 1.60. The molecule has 0 amide bonds. The molecule has 0 radical (unpaired) electrons. The van der Waals surface area contributed by atoms with E-state index in [1.54, 1.807) is 24.3 Å². The highest BCUT2D eigenvalue weighted by molar-refractivity contribution is 7.11. The predicted molar refractivity (Wildman–Crippen MR) is 57.2 cm³/mol. The number of aliphatic hydroxyl groups is 1. The van der Waals surface area contributed by atoms with Gasteiger partial charge < -0.3 is 5.11 Å². The standard InChI is InChI=1S/C11H12O2S/c1-11(13)6-8(5-9(12)7-11)10-3-2-4-14-10/h2-5,13H,6-7H2,1H3. The van der Waals surface area contributed by atoms with Gasteiger partial charge in [-0.1, -0.05) is 6.07 Å². The fraction of sp³-hybridized carbons (Fsp3) is 0.364. The van der Waals surface area contributed by atoms with Gasteiger partial charge in [0.25, 0.3) is 0 Å². The van der Waals surface area contributed by atoms with Crippen LogP contribution in [0.5, 0.6) is 0 Å². The second-order valence-corrected chi connectivity index (χ2v) is 4.91. The largest absolute Gasteiger partial charge is 0.389 e. The average molecular weight is 208 g/mol. The molecule has 2 nitrogen and oxygen atoms in total. The number of hydrogen-bond acceptors (Lipinski definition) is 3. The Hall–Kier alpha value is -0.930. The monoisotopic (exact) mass is 208 g/mol. The maximum absolute atomic E-state index is 11.4. The molecule has 14 heavy (non-hydrogen) atoms. The van der Waals surface area contributed by atoms with Crippen molar-refractivity contribution in [3.05, 3.63) is 28.5 Å². The highest BCUT2D eigenvalue weighted by Crippen LogP contribution is 2.33. The first-order valence-electron chi connectivity index (χ1n) is 4.56. The lowest BCUT2D eigenvalue weighted by molar-refractivity contribution is -0.119. The van der Waals surface area contributed by atoms with Crippen LogP contribution in [0, 0.1) is 0 Å². The molecule has 1 unspecified atom stereocenters. The zero-order chi connectivity index (χ0) is 10.2. The summed E-state index contributed by atoms with van der Waals surface area (Å²) in [5, 5.41) is 11.8. The van der Waals surface area contributed by atoms with E-state index in [1.807, 2.05) is 17.5 Å². The Morgan fingerprint density at radius 3 is 2.86 bits per heavy atom. The van der Waals surface area contributed by atoms with Crippen molar-refractivity contribution in [2.75, 3.05) is 0 Å². The molecule has 0 aliphatic heterocycles. The van der Waals surface area contributed by atoms with Gasteiger partial charge in [-0.15, -0.1) is 11.3 Å². The first kappa shape index (κ1) is 9.62. The van der Waals surface area contributed by atoms with E-state index in [0.29, 0.717) is 6.42 Å². The van der Waals surface area contributed by atoms with Crippen LogP contribution in [-0.4, -0.2) is 16.5 Å². The molecule has 1 aliphatic rings. The Balaban J connectivity index is 2.33. The molecule has 1 heterocycles. The van der Waals surface area contributed by atoms with Crippen LogP contribution < -0.4 is 0 Å². The van der Waals surface area contributed by atoms with E-state index in [9.17, 15) is 9.90 Å². The van der Waals surface area contributed by atoms with Gasteiger partial charge >= 0.3 is 0 Å². The maximum atomic E-state index is 11.4. The summed E-state index contributed by atoms with van der Waals surface area (Å²) in [5.41, 5.74) is 0.0896. The molecular formula is C11H12O2S. The lowest BCUT2D eigenvalue weighted by Gasteiger charge is -2.26. The summed E-state index contributed by atoms with van der Waals surface area (Å²) in [6, 6.07) is 3.93. The minimum absolute atomic E-state index is 0.0182. The zero-order valence-corrected chi connectivity index (χ0v) is 8.80. The maximum Gasteiger partial charge on any atom is 0.158 e. The molecular weight excluding hydrogens is 196 g/mol. The van der Waals surface area contributed by atoms with Crippen molar-refractivity contribution in [1.29, 1.82) is 0 Å². The molecule has 1 aliphatic carbocycles. The van der Waals surface area contributed by atoms with E-state index < -0.39 is 5.60 Å². The lowest BCUT2D eigenvalue weighted by atomic mass is 9.85. The second-order valence-electron chi connectivity index (χ2n) is 3.96. The van der Waals surface area contributed by atoms with Gasteiger partial charge in [-0.05, 0) is 30.0 Å². The van der Waals surface area contributed by atoms with Gasteiger partial charge in [0.05, 0.1) is 5.60 Å². The first-order chi connectivity index (χ1) is 6.57. The topological polar surface area (TPSA) is 37.3 Å². The Morgan fingerprint density at radius 2 is 2.29 bits per heavy atom. The van der Waals surface area contributed by atoms with Crippen molar-refractivity contribution in [2.24, 2.45) is 0 Å². The third kappa shape index (κ3) is 1.94. The summed E-state index contributed by atoms with van der Waals surface area (Å²) in [7, 11) is 0. The molecule has 0 saturated carbocycles. The highest BCUT2D eigenvalue weighted by Gasteiger charge is 2.30. The number of carbonyl (C=O) groups is 1. The summed E-state index contributed by atoms with van der Waals surface area (Å²) in [6.07, 6.45) is 2.46. The number of thiophene rings is 1. The number of rotatable bonds is 1. The van der Waals surface area contributed by atoms with E-state index in [-0.39, 0.29) is 12.2 Å². The molecule has 1 atom stereocenters. The fourth-order valence-electron chi connectivity index (χ4n) is 1.76. The molecule has 1 aromatic heterocycles. The van der Waals surface area contributed by atoms with Gasteiger partial charge in [0.1, 0.15) is 0 Å². The molecule has 0 fully saturated rings. The average Bonchev–Trinajstić information content (AvgIpc) is 2.51. The Bertz CT molecular complexity index is 374. The Kier molecular flexibility index (Phi) is 2.29. The van der Waals surface area contributed by atoms with Gasteiger partial charge in [-0.3, -0.25) is 4.79 Å². The van der Waals surface area contributed by atoms with E-state index in [2.05, 4.69) is 0 Å².